The van der Waals surface area contributed by atoms with Crippen molar-refractivity contribution >= 4 is 23.0 Å². The molecule has 1 fully saturated rings. The minimum atomic E-state index is -0.416. The Labute approximate surface area is 195 Å². The second kappa shape index (κ2) is 8.79. The van der Waals surface area contributed by atoms with Crippen LogP contribution >= 0.6 is 12.2 Å². The molecule has 0 spiro atoms. The zero-order valence-corrected chi connectivity index (χ0v) is 18.2. The molecule has 164 valence electrons. The maximum atomic E-state index is 11.2. The Bertz CT molecular complexity index is 1300. The van der Waals surface area contributed by atoms with Gasteiger partial charge in [-0.15, -0.1) is 0 Å². The monoisotopic (exact) mass is 457 g/mol. The molecule has 3 aromatic heterocycles. The molecular weight excluding hydrogens is 438 g/mol. The van der Waals surface area contributed by atoms with E-state index in [1.165, 1.54) is 12.1 Å². The van der Waals surface area contributed by atoms with Crippen LogP contribution in [0, 0.1) is 10.1 Å². The molecule has 8 nitrogen and oxygen atoms in total. The lowest BCUT2D eigenvalue weighted by atomic mass is 10.0. The number of benzene rings is 1. The lowest BCUT2D eigenvalue weighted by Crippen LogP contribution is -2.29. The number of rotatable bonds is 6. The third-order valence-corrected chi connectivity index (χ3v) is 5.91. The van der Waals surface area contributed by atoms with Crippen molar-refractivity contribution in [2.45, 2.75) is 18.6 Å². The molecule has 9 heteroatoms. The average molecular weight is 458 g/mol. The van der Waals surface area contributed by atoms with Crippen molar-refractivity contribution < 1.29 is 9.34 Å². The van der Waals surface area contributed by atoms with Crippen LogP contribution < -0.4 is 5.32 Å². The standard InChI is InChI=1S/C24H19N5O3S/c30-29(31)18-5-3-4-17(14-18)20-7-8-21(32-20)23-22(19-6-1-2-11-26-19)27-24(33)28(23)15-16-9-12-25-13-10-16/h1-14,22-23H,15H2,(H,27,33)/t22-,23+/m0/s1. The van der Waals surface area contributed by atoms with Gasteiger partial charge in [-0.1, -0.05) is 18.2 Å². The molecule has 2 atom stereocenters. The summed E-state index contributed by atoms with van der Waals surface area (Å²) in [5, 5.41) is 15.2. The van der Waals surface area contributed by atoms with Gasteiger partial charge in [0.05, 0.1) is 16.7 Å². The Morgan fingerprint density at radius 3 is 2.67 bits per heavy atom. The van der Waals surface area contributed by atoms with Gasteiger partial charge in [0, 0.05) is 42.8 Å². The third-order valence-electron chi connectivity index (χ3n) is 5.56. The number of nitrogens with one attached hydrogen (secondary N) is 1. The first-order valence-corrected chi connectivity index (χ1v) is 10.7. The van der Waals surface area contributed by atoms with E-state index >= 15 is 0 Å². The number of furan rings is 1. The topological polar surface area (TPSA) is 97.3 Å². The summed E-state index contributed by atoms with van der Waals surface area (Å²) in [6.07, 6.45) is 5.25. The van der Waals surface area contributed by atoms with Crippen LogP contribution in [0.15, 0.2) is 89.7 Å². The molecule has 1 aliphatic heterocycles. The molecule has 4 aromatic rings. The number of aromatic nitrogens is 2. The molecule has 1 aromatic carbocycles. The Kier molecular flexibility index (Phi) is 5.54. The molecule has 0 unspecified atom stereocenters. The summed E-state index contributed by atoms with van der Waals surface area (Å²) < 4.78 is 6.25. The van der Waals surface area contributed by atoms with Gasteiger partial charge < -0.3 is 14.6 Å². The van der Waals surface area contributed by atoms with E-state index in [4.69, 9.17) is 16.6 Å². The van der Waals surface area contributed by atoms with E-state index in [1.54, 1.807) is 30.7 Å². The molecule has 4 heterocycles. The molecule has 0 bridgehead atoms. The quantitative estimate of drug-likeness (QED) is 0.250. The molecule has 0 amide bonds. The minimum Gasteiger partial charge on any atom is -0.459 e. The van der Waals surface area contributed by atoms with Crippen LogP contribution in [0.3, 0.4) is 0 Å². The fraction of sp³-hybridized carbons (Fsp3) is 0.125. The van der Waals surface area contributed by atoms with Gasteiger partial charge in [-0.3, -0.25) is 20.1 Å². The molecule has 0 saturated carbocycles. The second-order valence-corrected chi connectivity index (χ2v) is 8.01. The predicted molar refractivity (Wildman–Crippen MR) is 126 cm³/mol. The van der Waals surface area contributed by atoms with Crippen molar-refractivity contribution in [2.24, 2.45) is 0 Å². The molecule has 0 aliphatic carbocycles. The van der Waals surface area contributed by atoms with E-state index in [9.17, 15) is 10.1 Å². The van der Waals surface area contributed by atoms with E-state index < -0.39 is 4.92 Å². The maximum absolute atomic E-state index is 11.2. The Morgan fingerprint density at radius 2 is 1.91 bits per heavy atom. The summed E-state index contributed by atoms with van der Waals surface area (Å²) >= 11 is 5.69. The number of nitro groups is 1. The van der Waals surface area contributed by atoms with Crippen LogP contribution in [0.25, 0.3) is 11.3 Å². The lowest BCUT2D eigenvalue weighted by molar-refractivity contribution is -0.384. The fourth-order valence-electron chi connectivity index (χ4n) is 4.01. The molecule has 33 heavy (non-hydrogen) atoms. The van der Waals surface area contributed by atoms with Crippen molar-refractivity contribution in [1.82, 2.24) is 20.2 Å². The smallest absolute Gasteiger partial charge is 0.270 e. The average Bonchev–Trinajstić information content (AvgIpc) is 3.45. The summed E-state index contributed by atoms with van der Waals surface area (Å²) in [6, 6.07) is 19.3. The van der Waals surface area contributed by atoms with Crippen LogP contribution in [0.1, 0.15) is 29.1 Å². The van der Waals surface area contributed by atoms with Crippen molar-refractivity contribution in [1.29, 1.82) is 0 Å². The van der Waals surface area contributed by atoms with Gasteiger partial charge in [-0.2, -0.15) is 0 Å². The maximum Gasteiger partial charge on any atom is 0.270 e. The first-order chi connectivity index (χ1) is 16.1. The molecular formula is C24H19N5O3S. The third kappa shape index (κ3) is 4.18. The van der Waals surface area contributed by atoms with Crippen molar-refractivity contribution in [3.05, 3.63) is 112 Å². The highest BCUT2D eigenvalue weighted by Gasteiger charge is 2.41. The highest BCUT2D eigenvalue weighted by molar-refractivity contribution is 7.80. The first kappa shape index (κ1) is 20.8. The van der Waals surface area contributed by atoms with Crippen LogP contribution in [0.5, 0.6) is 0 Å². The summed E-state index contributed by atoms with van der Waals surface area (Å²) in [5.74, 6) is 1.24. The van der Waals surface area contributed by atoms with E-state index in [1.807, 2.05) is 42.5 Å². The van der Waals surface area contributed by atoms with Crippen molar-refractivity contribution in [3.63, 3.8) is 0 Å². The van der Waals surface area contributed by atoms with Crippen LogP contribution in [-0.2, 0) is 6.54 Å². The Balaban J connectivity index is 1.53. The van der Waals surface area contributed by atoms with Gasteiger partial charge in [0.1, 0.15) is 17.6 Å². The predicted octanol–water partition coefficient (Wildman–Crippen LogP) is 4.82. The highest BCUT2D eigenvalue weighted by Crippen LogP contribution is 2.41. The number of nitrogens with zero attached hydrogens (tertiary/aromatic N) is 4. The molecule has 5 rings (SSSR count). The van der Waals surface area contributed by atoms with Gasteiger partial charge >= 0.3 is 0 Å². The van der Waals surface area contributed by atoms with E-state index in [0.29, 0.717) is 28.7 Å². The number of nitro benzene ring substituents is 1. The van der Waals surface area contributed by atoms with Gasteiger partial charge in [-0.25, -0.2) is 0 Å². The number of pyridine rings is 2. The molecule has 1 saturated heterocycles. The van der Waals surface area contributed by atoms with Crippen LogP contribution in [0.2, 0.25) is 0 Å². The van der Waals surface area contributed by atoms with Gasteiger partial charge in [0.25, 0.3) is 5.69 Å². The number of hydrogen-bond acceptors (Lipinski definition) is 6. The lowest BCUT2D eigenvalue weighted by Gasteiger charge is -2.26. The fourth-order valence-corrected chi connectivity index (χ4v) is 4.31. The van der Waals surface area contributed by atoms with E-state index in [0.717, 1.165) is 11.3 Å². The largest absolute Gasteiger partial charge is 0.459 e. The Hall–Kier alpha value is -4.11. The first-order valence-electron chi connectivity index (χ1n) is 10.3. The number of non-ortho nitro benzene ring substituents is 1. The van der Waals surface area contributed by atoms with E-state index in [-0.39, 0.29) is 17.8 Å². The minimum absolute atomic E-state index is 0.0137. The van der Waals surface area contributed by atoms with Crippen LogP contribution in [0.4, 0.5) is 5.69 Å². The van der Waals surface area contributed by atoms with Crippen molar-refractivity contribution in [2.75, 3.05) is 0 Å². The van der Waals surface area contributed by atoms with Gasteiger partial charge in [0.2, 0.25) is 0 Å². The molecule has 0 radical (unpaired) electrons. The highest BCUT2D eigenvalue weighted by atomic mass is 32.1. The summed E-state index contributed by atoms with van der Waals surface area (Å²) in [6.45, 7) is 0.565. The zero-order valence-electron chi connectivity index (χ0n) is 17.4. The molecule has 1 N–H and O–H groups in total. The summed E-state index contributed by atoms with van der Waals surface area (Å²) in [4.78, 5) is 21.5. The SMILES string of the molecule is O=[N+]([O-])c1cccc(-c2ccc([C@@H]3[C@H](c4ccccn4)NC(=S)N3Cc3ccncc3)o2)c1. The summed E-state index contributed by atoms with van der Waals surface area (Å²) in [5.41, 5.74) is 2.56. The van der Waals surface area contributed by atoms with Gasteiger partial charge in [0.15, 0.2) is 5.11 Å². The molecule has 1 aliphatic rings. The number of thiocarbonyl (C=S) groups is 1. The normalized spacial score (nSPS) is 17.7. The summed E-state index contributed by atoms with van der Waals surface area (Å²) in [7, 11) is 0. The van der Waals surface area contributed by atoms with Crippen LogP contribution in [-0.4, -0.2) is 24.9 Å². The van der Waals surface area contributed by atoms with Gasteiger partial charge in [-0.05, 0) is 54.2 Å². The zero-order chi connectivity index (χ0) is 22.8. The second-order valence-electron chi connectivity index (χ2n) is 7.62. The Morgan fingerprint density at radius 1 is 1.06 bits per heavy atom. The van der Waals surface area contributed by atoms with Crippen molar-refractivity contribution in [3.8, 4) is 11.3 Å². The van der Waals surface area contributed by atoms with E-state index in [2.05, 4.69) is 20.2 Å². The number of hydrogen-bond donors (Lipinski definition) is 1.